The van der Waals surface area contributed by atoms with Gasteiger partial charge in [0.25, 0.3) is 0 Å². The molecule has 0 radical (unpaired) electrons. The van der Waals surface area contributed by atoms with Gasteiger partial charge in [0, 0.05) is 6.54 Å². The first kappa shape index (κ1) is 18.9. The number of hydrogen-bond acceptors (Lipinski definition) is 5. The van der Waals surface area contributed by atoms with Crippen LogP contribution in [-0.2, 0) is 14.4 Å². The van der Waals surface area contributed by atoms with Gasteiger partial charge in [0.05, 0.1) is 12.3 Å². The van der Waals surface area contributed by atoms with Crippen LogP contribution in [0, 0.1) is 0 Å². The van der Waals surface area contributed by atoms with Crippen molar-refractivity contribution in [2.75, 3.05) is 13.1 Å². The molecule has 1 saturated heterocycles. The molecule has 1 fully saturated rings. The van der Waals surface area contributed by atoms with Crippen LogP contribution in [0.15, 0.2) is 34.5 Å². The molecule has 27 heavy (non-hydrogen) atoms. The molecule has 0 unspecified atom stereocenters. The van der Waals surface area contributed by atoms with Crippen molar-refractivity contribution in [3.8, 4) is 0 Å². The van der Waals surface area contributed by atoms with Gasteiger partial charge in [-0.15, -0.1) is 0 Å². The summed E-state index contributed by atoms with van der Waals surface area (Å²) in [4.78, 5) is 50.5. The van der Waals surface area contributed by atoms with Gasteiger partial charge in [-0.05, 0) is 51.2 Å². The standard InChI is InChI=1S/C19H23N3O5/c1-13(15-8-5-11-27-15)20-16(23)12-22-18(25)17(24)21(19(22)26)10-9-14-6-3-2-4-7-14/h5-6,8,11,13H,2-4,7,9-10,12H2,1H3,(H,20,23)/t13-/m1/s1. The molecule has 2 aliphatic rings. The Morgan fingerprint density at radius 2 is 2.00 bits per heavy atom. The molecule has 0 spiro atoms. The van der Waals surface area contributed by atoms with Gasteiger partial charge in [-0.25, -0.2) is 9.69 Å². The lowest BCUT2D eigenvalue weighted by Crippen LogP contribution is -2.42. The van der Waals surface area contributed by atoms with E-state index in [9.17, 15) is 19.2 Å². The number of imide groups is 2. The third-order valence-electron chi connectivity index (χ3n) is 4.83. The first-order valence-corrected chi connectivity index (χ1v) is 9.15. The third-order valence-corrected chi connectivity index (χ3v) is 4.83. The highest BCUT2D eigenvalue weighted by molar-refractivity contribution is 6.45. The number of amides is 5. The summed E-state index contributed by atoms with van der Waals surface area (Å²) in [5.41, 5.74) is 1.21. The molecule has 1 aromatic heterocycles. The van der Waals surface area contributed by atoms with E-state index in [1.54, 1.807) is 19.1 Å². The molecule has 8 nitrogen and oxygen atoms in total. The second-order valence-corrected chi connectivity index (χ2v) is 6.79. The molecule has 0 saturated carbocycles. The minimum absolute atomic E-state index is 0.163. The number of urea groups is 1. The van der Waals surface area contributed by atoms with Crippen LogP contribution >= 0.6 is 0 Å². The monoisotopic (exact) mass is 373 g/mol. The van der Waals surface area contributed by atoms with Crippen molar-refractivity contribution in [2.24, 2.45) is 0 Å². The quantitative estimate of drug-likeness (QED) is 0.448. The number of hydrogen-bond donors (Lipinski definition) is 1. The maximum absolute atomic E-state index is 12.4. The van der Waals surface area contributed by atoms with E-state index in [2.05, 4.69) is 11.4 Å². The zero-order valence-corrected chi connectivity index (χ0v) is 15.3. The van der Waals surface area contributed by atoms with Gasteiger partial charge < -0.3 is 9.73 Å². The molecule has 0 aromatic carbocycles. The lowest BCUT2D eigenvalue weighted by molar-refractivity contribution is -0.144. The Labute approximate surface area is 157 Å². The molecule has 0 bridgehead atoms. The summed E-state index contributed by atoms with van der Waals surface area (Å²) in [6.45, 7) is 1.39. The Kier molecular flexibility index (Phi) is 5.73. The van der Waals surface area contributed by atoms with E-state index >= 15 is 0 Å². The SMILES string of the molecule is C[C@@H](NC(=O)CN1C(=O)C(=O)N(CCC2=CCCCC2)C1=O)c1ccco1. The number of carbonyl (C=O) groups excluding carboxylic acids is 4. The molecule has 1 atom stereocenters. The van der Waals surface area contributed by atoms with Gasteiger partial charge in [-0.1, -0.05) is 11.6 Å². The van der Waals surface area contributed by atoms with Crippen LogP contribution in [0.3, 0.4) is 0 Å². The number of carbonyl (C=O) groups is 4. The fourth-order valence-corrected chi connectivity index (χ4v) is 3.31. The molecule has 5 amide bonds. The summed E-state index contributed by atoms with van der Waals surface area (Å²) >= 11 is 0. The van der Waals surface area contributed by atoms with E-state index in [0.29, 0.717) is 17.1 Å². The fourth-order valence-electron chi connectivity index (χ4n) is 3.31. The van der Waals surface area contributed by atoms with Crippen molar-refractivity contribution >= 4 is 23.8 Å². The Morgan fingerprint density at radius 3 is 2.67 bits per heavy atom. The first-order chi connectivity index (χ1) is 13.0. The molecular weight excluding hydrogens is 350 g/mol. The minimum atomic E-state index is -0.960. The van der Waals surface area contributed by atoms with Crippen LogP contribution in [0.1, 0.15) is 50.8 Å². The normalized spacial score (nSPS) is 18.7. The van der Waals surface area contributed by atoms with Crippen molar-refractivity contribution < 1.29 is 23.6 Å². The average molecular weight is 373 g/mol. The largest absolute Gasteiger partial charge is 0.467 e. The van der Waals surface area contributed by atoms with Gasteiger partial charge in [0.2, 0.25) is 5.91 Å². The summed E-state index contributed by atoms with van der Waals surface area (Å²) in [5.74, 6) is -1.81. The molecule has 3 rings (SSSR count). The Hall–Kier alpha value is -2.90. The predicted octanol–water partition coefficient (Wildman–Crippen LogP) is 2.14. The molecule has 1 aromatic rings. The number of nitrogens with one attached hydrogen (secondary N) is 1. The van der Waals surface area contributed by atoms with Crippen molar-refractivity contribution in [3.05, 3.63) is 35.8 Å². The molecule has 1 N–H and O–H groups in total. The summed E-state index contributed by atoms with van der Waals surface area (Å²) < 4.78 is 5.20. The molecule has 2 heterocycles. The van der Waals surface area contributed by atoms with E-state index in [-0.39, 0.29) is 6.54 Å². The average Bonchev–Trinajstić information content (AvgIpc) is 3.26. The highest BCUT2D eigenvalue weighted by Crippen LogP contribution is 2.22. The van der Waals surface area contributed by atoms with Crippen molar-refractivity contribution in [3.63, 3.8) is 0 Å². The van der Waals surface area contributed by atoms with Gasteiger partial charge in [-0.2, -0.15) is 0 Å². The molecule has 1 aliphatic carbocycles. The van der Waals surface area contributed by atoms with Gasteiger partial charge in [0.1, 0.15) is 12.3 Å². The smallest absolute Gasteiger partial charge is 0.334 e. The molecule has 8 heteroatoms. The predicted molar refractivity (Wildman–Crippen MR) is 95.3 cm³/mol. The van der Waals surface area contributed by atoms with Crippen molar-refractivity contribution in [1.29, 1.82) is 0 Å². The number of allylic oxidation sites excluding steroid dienone is 1. The van der Waals surface area contributed by atoms with Gasteiger partial charge in [0.15, 0.2) is 0 Å². The van der Waals surface area contributed by atoms with Crippen LogP contribution in [0.4, 0.5) is 4.79 Å². The fraction of sp³-hybridized carbons (Fsp3) is 0.474. The van der Waals surface area contributed by atoms with Crippen LogP contribution < -0.4 is 5.32 Å². The van der Waals surface area contributed by atoms with Crippen LogP contribution in [0.2, 0.25) is 0 Å². The third kappa shape index (κ3) is 4.27. The van der Waals surface area contributed by atoms with Crippen LogP contribution in [0.25, 0.3) is 0 Å². The number of nitrogens with zero attached hydrogens (tertiary/aromatic N) is 2. The summed E-state index contributed by atoms with van der Waals surface area (Å²) in [7, 11) is 0. The second-order valence-electron chi connectivity index (χ2n) is 6.79. The molecule has 1 aliphatic heterocycles. The zero-order valence-electron chi connectivity index (χ0n) is 15.3. The zero-order chi connectivity index (χ0) is 19.4. The summed E-state index contributed by atoms with van der Waals surface area (Å²) in [6, 6.07) is 2.26. The van der Waals surface area contributed by atoms with E-state index in [0.717, 1.165) is 30.6 Å². The number of rotatable bonds is 7. The maximum atomic E-state index is 12.4. The maximum Gasteiger partial charge on any atom is 0.334 e. The highest BCUT2D eigenvalue weighted by atomic mass is 16.3. The summed E-state index contributed by atoms with van der Waals surface area (Å²) in [6.07, 6.45) is 8.43. The number of furan rings is 1. The second kappa shape index (κ2) is 8.20. The van der Waals surface area contributed by atoms with Gasteiger partial charge >= 0.3 is 17.8 Å². The van der Waals surface area contributed by atoms with E-state index in [1.165, 1.54) is 11.8 Å². The lowest BCUT2D eigenvalue weighted by atomic mass is 9.97. The first-order valence-electron chi connectivity index (χ1n) is 9.15. The van der Waals surface area contributed by atoms with Crippen LogP contribution in [0.5, 0.6) is 0 Å². The van der Waals surface area contributed by atoms with Gasteiger partial charge in [-0.3, -0.25) is 19.3 Å². The van der Waals surface area contributed by atoms with E-state index < -0.39 is 36.3 Å². The minimum Gasteiger partial charge on any atom is -0.467 e. The Morgan fingerprint density at radius 1 is 1.22 bits per heavy atom. The van der Waals surface area contributed by atoms with Crippen molar-refractivity contribution in [2.45, 2.75) is 45.1 Å². The van der Waals surface area contributed by atoms with E-state index in [1.807, 2.05) is 0 Å². The summed E-state index contributed by atoms with van der Waals surface area (Å²) in [5, 5.41) is 2.65. The Bertz CT molecular complexity index is 768. The lowest BCUT2D eigenvalue weighted by Gasteiger charge is -2.18. The van der Waals surface area contributed by atoms with Crippen LogP contribution in [-0.4, -0.2) is 46.6 Å². The topological polar surface area (TPSA) is 99.9 Å². The van der Waals surface area contributed by atoms with E-state index in [4.69, 9.17) is 4.42 Å². The highest BCUT2D eigenvalue weighted by Gasteiger charge is 2.45. The molecular formula is C19H23N3O5. The molecule has 144 valence electrons. The Balaban J connectivity index is 1.56. The van der Waals surface area contributed by atoms with Crippen molar-refractivity contribution in [1.82, 2.24) is 15.1 Å².